The summed E-state index contributed by atoms with van der Waals surface area (Å²) >= 11 is 0. The Kier molecular flexibility index (Phi) is 53.7. The largest absolute Gasteiger partial charge is 0.463 e. The van der Waals surface area contributed by atoms with Gasteiger partial charge in [-0.25, -0.2) is 9.78 Å². The number of hydrogen-bond acceptors (Lipinski definition) is 6. The zero-order valence-corrected chi connectivity index (χ0v) is 42.8. The lowest BCUT2D eigenvalue weighted by Gasteiger charge is -2.17. The predicted octanol–water partition coefficient (Wildman–Crippen LogP) is 19.0. The Hall–Kier alpha value is -1.40. The van der Waals surface area contributed by atoms with Crippen LogP contribution in [-0.2, 0) is 28.8 Å². The molecule has 0 aliphatic heterocycles. The molecule has 0 atom stereocenters. The van der Waals surface area contributed by atoms with Gasteiger partial charge < -0.3 is 9.47 Å². The van der Waals surface area contributed by atoms with Gasteiger partial charge in [0, 0.05) is 12.8 Å². The minimum absolute atomic E-state index is 0.0389. The third-order valence-corrected chi connectivity index (χ3v) is 12.8. The van der Waals surface area contributed by atoms with Crippen LogP contribution in [0.25, 0.3) is 0 Å². The van der Waals surface area contributed by atoms with E-state index in [1.54, 1.807) is 0 Å². The molecule has 0 radical (unpaired) electrons. The number of carbonyl (C=O) groups is 2. The molecule has 0 saturated heterocycles. The quantitative estimate of drug-likeness (QED) is 0.0199. The van der Waals surface area contributed by atoms with Gasteiger partial charge in [0.2, 0.25) is 0 Å². The molecule has 374 valence electrons. The molecule has 63 heavy (non-hydrogen) atoms. The minimum atomic E-state index is -0.617. The maximum absolute atomic E-state index is 12.6. The molecule has 0 aromatic heterocycles. The molecule has 6 nitrogen and oxygen atoms in total. The predicted molar refractivity (Wildman–Crippen MR) is 271 cm³/mol. The van der Waals surface area contributed by atoms with E-state index in [2.05, 4.69) is 32.9 Å². The summed E-state index contributed by atoms with van der Waals surface area (Å²) < 4.78 is 11.2. The van der Waals surface area contributed by atoms with Crippen molar-refractivity contribution in [3.8, 4) is 0 Å². The third-order valence-electron chi connectivity index (χ3n) is 12.8. The van der Waals surface area contributed by atoms with Crippen molar-refractivity contribution < 1.29 is 28.8 Å². The summed E-state index contributed by atoms with van der Waals surface area (Å²) in [4.78, 5) is 36.4. The van der Waals surface area contributed by atoms with Crippen molar-refractivity contribution in [2.45, 2.75) is 322 Å². The van der Waals surface area contributed by atoms with Crippen molar-refractivity contribution in [2.75, 3.05) is 19.8 Å². The molecular weight excluding hydrogens is 781 g/mol. The van der Waals surface area contributed by atoms with Gasteiger partial charge in [0.05, 0.1) is 6.61 Å². The Morgan fingerprint density at radius 3 is 0.889 bits per heavy atom. The number of hydrogen-bond donors (Lipinski definition) is 0. The molecule has 0 bridgehead atoms. The smallest absolute Gasteiger partial charge is 0.305 e. The van der Waals surface area contributed by atoms with Crippen LogP contribution in [-0.4, -0.2) is 37.9 Å². The number of ether oxygens (including phenoxy) is 2. The van der Waals surface area contributed by atoms with Crippen LogP contribution in [0.1, 0.15) is 316 Å². The first-order chi connectivity index (χ1) is 31.1. The maximum Gasteiger partial charge on any atom is 0.305 e. The summed E-state index contributed by atoms with van der Waals surface area (Å²) in [5.74, 6) is -0.425. The summed E-state index contributed by atoms with van der Waals surface area (Å²) in [6.07, 6.45) is 61.6. The Morgan fingerprint density at radius 2 is 0.587 bits per heavy atom. The fourth-order valence-electron chi connectivity index (χ4n) is 8.45. The van der Waals surface area contributed by atoms with Gasteiger partial charge in [-0.2, -0.15) is 0 Å². The van der Waals surface area contributed by atoms with Crippen LogP contribution in [0.2, 0.25) is 0 Å². The van der Waals surface area contributed by atoms with E-state index in [0.29, 0.717) is 19.4 Å². The Morgan fingerprint density at radius 1 is 0.333 bits per heavy atom. The summed E-state index contributed by atoms with van der Waals surface area (Å²) in [5.41, 5.74) is 0. The first-order valence-electron chi connectivity index (χ1n) is 28.4. The van der Waals surface area contributed by atoms with Gasteiger partial charge in [0.1, 0.15) is 13.2 Å². The number of allylic oxidation sites excluding steroid dienone is 2. The number of rotatable bonds is 54. The van der Waals surface area contributed by atoms with Gasteiger partial charge in [-0.1, -0.05) is 270 Å². The molecule has 0 aliphatic carbocycles. The standard InChI is InChI=1S/C57H110O6/c1-4-7-10-13-16-19-22-25-28-31-34-37-40-43-46-49-52-62-63-55(53-60-56(58)50-47-44-41-38-35-32-29-26-23-20-17-14-11-8-5-2)54-61-57(59)51-48-45-42-39-36-33-30-27-24-21-18-15-12-9-6-3/h25,28,55H,4-24,26-27,29-54H2,1-3H3/b28-25-. The molecule has 0 rings (SSSR count). The van der Waals surface area contributed by atoms with Crippen molar-refractivity contribution >= 4 is 11.9 Å². The first kappa shape index (κ1) is 61.6. The molecule has 0 fully saturated rings. The average molecular weight is 892 g/mol. The molecule has 0 N–H and O–H groups in total. The highest BCUT2D eigenvalue weighted by Gasteiger charge is 2.17. The molecule has 0 heterocycles. The highest BCUT2D eigenvalue weighted by Crippen LogP contribution is 2.17. The van der Waals surface area contributed by atoms with Crippen molar-refractivity contribution in [3.05, 3.63) is 12.2 Å². The molecule has 0 aromatic carbocycles. The fourth-order valence-corrected chi connectivity index (χ4v) is 8.45. The fraction of sp³-hybridized carbons (Fsp3) is 0.930. The van der Waals surface area contributed by atoms with E-state index >= 15 is 0 Å². The molecule has 6 heteroatoms. The topological polar surface area (TPSA) is 71.1 Å². The number of carbonyl (C=O) groups excluding carboxylic acids is 2. The van der Waals surface area contributed by atoms with Gasteiger partial charge in [-0.05, 0) is 44.9 Å². The lowest BCUT2D eigenvalue weighted by Crippen LogP contribution is -2.29. The molecule has 0 aromatic rings. The van der Waals surface area contributed by atoms with E-state index in [1.807, 2.05) is 0 Å². The second-order valence-corrected chi connectivity index (χ2v) is 19.2. The lowest BCUT2D eigenvalue weighted by atomic mass is 10.0. The van der Waals surface area contributed by atoms with Crippen LogP contribution in [0.3, 0.4) is 0 Å². The summed E-state index contributed by atoms with van der Waals surface area (Å²) in [5, 5.41) is 0. The lowest BCUT2D eigenvalue weighted by molar-refractivity contribution is -0.334. The summed E-state index contributed by atoms with van der Waals surface area (Å²) in [6, 6.07) is 0. The van der Waals surface area contributed by atoms with Gasteiger partial charge in [-0.3, -0.25) is 9.59 Å². The molecule has 0 amide bonds. The summed E-state index contributed by atoms with van der Waals surface area (Å²) in [7, 11) is 0. The Labute approximate surface area is 393 Å². The number of unbranched alkanes of at least 4 members (excludes halogenated alkanes) is 40. The van der Waals surface area contributed by atoms with Crippen LogP contribution < -0.4 is 0 Å². The monoisotopic (exact) mass is 891 g/mol. The average Bonchev–Trinajstić information content (AvgIpc) is 3.29. The molecule has 0 unspecified atom stereocenters. The van der Waals surface area contributed by atoms with Gasteiger partial charge in [0.25, 0.3) is 0 Å². The molecule has 0 aliphatic rings. The van der Waals surface area contributed by atoms with Gasteiger partial charge >= 0.3 is 11.9 Å². The van der Waals surface area contributed by atoms with Crippen LogP contribution in [0.4, 0.5) is 0 Å². The van der Waals surface area contributed by atoms with Crippen molar-refractivity contribution in [1.29, 1.82) is 0 Å². The van der Waals surface area contributed by atoms with Crippen molar-refractivity contribution in [2.24, 2.45) is 0 Å². The van der Waals surface area contributed by atoms with E-state index < -0.39 is 6.10 Å². The van der Waals surface area contributed by atoms with E-state index in [1.165, 1.54) is 244 Å². The Balaban J connectivity index is 4.21. The van der Waals surface area contributed by atoms with Gasteiger partial charge in [0.15, 0.2) is 6.10 Å². The zero-order chi connectivity index (χ0) is 45.6. The van der Waals surface area contributed by atoms with E-state index in [4.69, 9.17) is 19.2 Å². The third kappa shape index (κ3) is 53.1. The van der Waals surface area contributed by atoms with E-state index in [0.717, 1.165) is 38.5 Å². The van der Waals surface area contributed by atoms with Crippen molar-refractivity contribution in [1.82, 2.24) is 0 Å². The highest BCUT2D eigenvalue weighted by atomic mass is 17.2. The van der Waals surface area contributed by atoms with E-state index in [-0.39, 0.29) is 25.2 Å². The highest BCUT2D eigenvalue weighted by molar-refractivity contribution is 5.69. The molecule has 0 saturated carbocycles. The second-order valence-electron chi connectivity index (χ2n) is 19.2. The maximum atomic E-state index is 12.6. The molecule has 0 spiro atoms. The zero-order valence-electron chi connectivity index (χ0n) is 42.8. The normalized spacial score (nSPS) is 11.7. The summed E-state index contributed by atoms with van der Waals surface area (Å²) in [6.45, 7) is 7.40. The van der Waals surface area contributed by atoms with Crippen LogP contribution in [0.5, 0.6) is 0 Å². The Bertz CT molecular complexity index is 870. The minimum Gasteiger partial charge on any atom is -0.463 e. The van der Waals surface area contributed by atoms with Crippen LogP contribution >= 0.6 is 0 Å². The second kappa shape index (κ2) is 54.9. The molecular formula is C57H110O6. The van der Waals surface area contributed by atoms with Crippen LogP contribution in [0.15, 0.2) is 12.2 Å². The SMILES string of the molecule is CCCCCCCC/C=C\CCCCCCCCOOC(COC(=O)CCCCCCCCCCCCCCCCC)COC(=O)CCCCCCCCCCCCCCCCC. The number of esters is 2. The van der Waals surface area contributed by atoms with Crippen LogP contribution in [0, 0.1) is 0 Å². The van der Waals surface area contributed by atoms with Crippen molar-refractivity contribution in [3.63, 3.8) is 0 Å². The first-order valence-corrected chi connectivity index (χ1v) is 28.4. The van der Waals surface area contributed by atoms with E-state index in [9.17, 15) is 9.59 Å². The van der Waals surface area contributed by atoms with Gasteiger partial charge in [-0.15, -0.1) is 0 Å².